The number of halogens is 2. The molecule has 0 radical (unpaired) electrons. The van der Waals surface area contributed by atoms with Crippen molar-refractivity contribution in [1.82, 2.24) is 0 Å². The fraction of sp³-hybridized carbons (Fsp3) is 0.316. The van der Waals surface area contributed by atoms with Crippen LogP contribution in [0.25, 0.3) is 0 Å². The van der Waals surface area contributed by atoms with Crippen molar-refractivity contribution >= 4 is 60.2 Å². The highest BCUT2D eigenvalue weighted by Crippen LogP contribution is 2.41. The minimum atomic E-state index is 0.332. The lowest BCUT2D eigenvalue weighted by Gasteiger charge is -2.16. The second-order valence-corrected chi connectivity index (χ2v) is 9.05. The monoisotopic (exact) mass is 518 g/mol. The first-order chi connectivity index (χ1) is 12.3. The zero-order chi connectivity index (χ0) is 19.3. The van der Waals surface area contributed by atoms with E-state index in [4.69, 9.17) is 26.4 Å². The molecular formula is C19H20Br2O3S2. The minimum Gasteiger partial charge on any atom is -0.496 e. The Morgan fingerprint density at radius 3 is 2.35 bits per heavy atom. The molecule has 0 spiro atoms. The van der Waals surface area contributed by atoms with Crippen molar-refractivity contribution in [2.45, 2.75) is 31.6 Å². The largest absolute Gasteiger partial charge is 0.496 e. The van der Waals surface area contributed by atoms with Crippen LogP contribution in [-0.2, 0) is 4.74 Å². The number of ether oxygens (including phenoxy) is 3. The van der Waals surface area contributed by atoms with Gasteiger partial charge in [0.2, 0.25) is 4.38 Å². The molecule has 0 heterocycles. The van der Waals surface area contributed by atoms with Crippen molar-refractivity contribution in [2.75, 3.05) is 13.7 Å². The molecule has 2 aromatic rings. The van der Waals surface area contributed by atoms with Crippen LogP contribution >= 0.6 is 55.8 Å². The molecule has 0 aliphatic carbocycles. The van der Waals surface area contributed by atoms with Gasteiger partial charge in [-0.05, 0) is 99.0 Å². The van der Waals surface area contributed by atoms with E-state index >= 15 is 0 Å². The fourth-order valence-corrected chi connectivity index (χ4v) is 5.06. The molecule has 26 heavy (non-hydrogen) atoms. The molecule has 2 rings (SSSR count). The van der Waals surface area contributed by atoms with Crippen LogP contribution in [0.4, 0.5) is 0 Å². The average molecular weight is 520 g/mol. The summed E-state index contributed by atoms with van der Waals surface area (Å²) in [7, 11) is 1.68. The first-order valence-electron chi connectivity index (χ1n) is 8.05. The molecule has 0 N–H and O–H groups in total. The Hall–Kier alpha value is -0.760. The molecular weight excluding hydrogens is 500 g/mol. The number of thioether (sulfide) groups is 1. The van der Waals surface area contributed by atoms with Crippen LogP contribution in [0, 0.1) is 0 Å². The third-order valence-electron chi connectivity index (χ3n) is 3.48. The van der Waals surface area contributed by atoms with Gasteiger partial charge < -0.3 is 14.2 Å². The molecule has 3 nitrogen and oxygen atoms in total. The van der Waals surface area contributed by atoms with Crippen LogP contribution in [-0.4, -0.2) is 18.1 Å². The van der Waals surface area contributed by atoms with Crippen LogP contribution in [0.1, 0.15) is 32.3 Å². The molecule has 7 heteroatoms. The zero-order valence-corrected chi connectivity index (χ0v) is 19.8. The molecule has 0 aliphatic rings. The fourth-order valence-electron chi connectivity index (χ4n) is 2.28. The van der Waals surface area contributed by atoms with Crippen molar-refractivity contribution in [3.63, 3.8) is 0 Å². The Morgan fingerprint density at radius 1 is 1.15 bits per heavy atom. The standard InChI is InChI=1S/C19H20Br2O3S2/c1-5-23-19(25)26-13-9-15(20)18(16(21)10-13)24-12-6-7-17(22-4)14(8-12)11(2)3/h6-11H,5H2,1-4H3. The summed E-state index contributed by atoms with van der Waals surface area (Å²) in [6, 6.07) is 9.76. The van der Waals surface area contributed by atoms with Crippen LogP contribution < -0.4 is 9.47 Å². The third kappa shape index (κ3) is 5.62. The topological polar surface area (TPSA) is 27.7 Å². The van der Waals surface area contributed by atoms with E-state index in [0.717, 1.165) is 30.9 Å². The summed E-state index contributed by atoms with van der Waals surface area (Å²) in [5.74, 6) is 2.65. The number of benzene rings is 2. The molecule has 0 unspecified atom stereocenters. The van der Waals surface area contributed by atoms with Gasteiger partial charge in [0.1, 0.15) is 11.5 Å². The molecule has 0 aliphatic heterocycles. The van der Waals surface area contributed by atoms with Gasteiger partial charge >= 0.3 is 0 Å². The lowest BCUT2D eigenvalue weighted by atomic mass is 10.0. The molecule has 0 fully saturated rings. The Kier molecular flexibility index (Phi) is 8.26. The SMILES string of the molecule is CCOC(=S)Sc1cc(Br)c(Oc2ccc(OC)c(C(C)C)c2)c(Br)c1. The predicted octanol–water partition coefficient (Wildman–Crippen LogP) is 7.55. The van der Waals surface area contributed by atoms with Gasteiger partial charge in [-0.15, -0.1) is 0 Å². The predicted molar refractivity (Wildman–Crippen MR) is 119 cm³/mol. The first kappa shape index (κ1) is 21.5. The van der Waals surface area contributed by atoms with Crippen molar-refractivity contribution in [1.29, 1.82) is 0 Å². The van der Waals surface area contributed by atoms with E-state index in [-0.39, 0.29) is 0 Å². The van der Waals surface area contributed by atoms with E-state index in [2.05, 4.69) is 45.7 Å². The molecule has 0 saturated carbocycles. The summed E-state index contributed by atoms with van der Waals surface area (Å²) in [5.41, 5.74) is 1.10. The smallest absolute Gasteiger partial charge is 0.224 e. The van der Waals surface area contributed by atoms with E-state index in [1.165, 1.54) is 11.8 Å². The van der Waals surface area contributed by atoms with E-state index < -0.39 is 0 Å². The van der Waals surface area contributed by atoms with E-state index in [0.29, 0.717) is 22.7 Å². The summed E-state index contributed by atoms with van der Waals surface area (Å²) in [5, 5.41) is 0. The van der Waals surface area contributed by atoms with Crippen LogP contribution in [0.15, 0.2) is 44.2 Å². The average Bonchev–Trinajstić information content (AvgIpc) is 2.58. The van der Waals surface area contributed by atoms with E-state index in [9.17, 15) is 0 Å². The maximum atomic E-state index is 6.12. The summed E-state index contributed by atoms with van der Waals surface area (Å²) in [6.45, 7) is 6.72. The van der Waals surface area contributed by atoms with Crippen LogP contribution in [0.3, 0.4) is 0 Å². The van der Waals surface area contributed by atoms with Crippen molar-refractivity contribution in [3.8, 4) is 17.2 Å². The van der Waals surface area contributed by atoms with Gasteiger partial charge in [-0.3, -0.25) is 0 Å². The highest BCUT2D eigenvalue weighted by Gasteiger charge is 2.14. The van der Waals surface area contributed by atoms with Gasteiger partial charge in [-0.1, -0.05) is 13.8 Å². The van der Waals surface area contributed by atoms with E-state index in [1.54, 1.807) is 7.11 Å². The van der Waals surface area contributed by atoms with Crippen LogP contribution in [0.5, 0.6) is 17.2 Å². The Labute approximate surface area is 181 Å². The number of thiocarbonyl (C=S) groups is 1. The highest BCUT2D eigenvalue weighted by atomic mass is 79.9. The van der Waals surface area contributed by atoms with Gasteiger partial charge in [-0.25, -0.2) is 0 Å². The molecule has 0 aromatic heterocycles. The quantitative estimate of drug-likeness (QED) is 0.290. The van der Waals surface area contributed by atoms with E-state index in [1.807, 2.05) is 37.3 Å². The lowest BCUT2D eigenvalue weighted by Crippen LogP contribution is -1.97. The normalized spacial score (nSPS) is 10.7. The third-order valence-corrected chi connectivity index (χ3v) is 5.78. The second-order valence-electron chi connectivity index (χ2n) is 5.66. The van der Waals surface area contributed by atoms with Gasteiger partial charge in [0.15, 0.2) is 5.75 Å². The molecule has 0 amide bonds. The maximum absolute atomic E-state index is 6.12. The van der Waals surface area contributed by atoms with Gasteiger partial charge in [0.25, 0.3) is 0 Å². The molecule has 0 saturated heterocycles. The van der Waals surface area contributed by atoms with Crippen molar-refractivity contribution in [2.24, 2.45) is 0 Å². The summed E-state index contributed by atoms with van der Waals surface area (Å²) in [4.78, 5) is 0.965. The lowest BCUT2D eigenvalue weighted by molar-refractivity contribution is 0.346. The van der Waals surface area contributed by atoms with Crippen molar-refractivity contribution in [3.05, 3.63) is 44.8 Å². The Morgan fingerprint density at radius 2 is 1.81 bits per heavy atom. The first-order valence-corrected chi connectivity index (χ1v) is 10.9. The second kappa shape index (κ2) is 9.97. The number of methoxy groups -OCH3 is 1. The minimum absolute atomic E-state index is 0.332. The number of rotatable bonds is 6. The van der Waals surface area contributed by atoms with Gasteiger partial charge in [0.05, 0.1) is 22.7 Å². The summed E-state index contributed by atoms with van der Waals surface area (Å²) in [6.07, 6.45) is 0. The van der Waals surface area contributed by atoms with Crippen LogP contribution in [0.2, 0.25) is 0 Å². The molecule has 0 bridgehead atoms. The Bertz CT molecular complexity index is 771. The Balaban J connectivity index is 2.27. The van der Waals surface area contributed by atoms with Crippen molar-refractivity contribution < 1.29 is 14.2 Å². The summed E-state index contributed by atoms with van der Waals surface area (Å²) >= 11 is 13.8. The highest BCUT2D eigenvalue weighted by molar-refractivity contribution is 9.11. The van der Waals surface area contributed by atoms with Gasteiger partial charge in [0, 0.05) is 10.5 Å². The van der Waals surface area contributed by atoms with Gasteiger partial charge in [-0.2, -0.15) is 0 Å². The number of hydrogen-bond acceptors (Lipinski definition) is 5. The maximum Gasteiger partial charge on any atom is 0.224 e. The zero-order valence-electron chi connectivity index (χ0n) is 15.0. The number of hydrogen-bond donors (Lipinski definition) is 0. The molecule has 0 atom stereocenters. The summed E-state index contributed by atoms with van der Waals surface area (Å²) < 4.78 is 19.0. The molecule has 140 valence electrons. The molecule has 2 aromatic carbocycles.